The average Bonchev–Trinajstić information content (AvgIpc) is 2.84. The Balaban J connectivity index is 1.83. The largest absolute Gasteiger partial charge is 0.340 e. The van der Waals surface area contributed by atoms with Gasteiger partial charge in [0.2, 0.25) is 5.91 Å². The molecule has 0 spiro atoms. The molecule has 0 saturated carbocycles. The number of likely N-dealkylation sites (N-methyl/N-ethyl adjacent to an activating group) is 1. The van der Waals surface area contributed by atoms with E-state index in [1.54, 1.807) is 11.3 Å². The van der Waals surface area contributed by atoms with E-state index < -0.39 is 0 Å². The Morgan fingerprint density at radius 1 is 1.67 bits per heavy atom. The molecule has 1 atom stereocenters. The molecule has 1 N–H and O–H groups in total. The van der Waals surface area contributed by atoms with E-state index in [0.29, 0.717) is 19.1 Å². The summed E-state index contributed by atoms with van der Waals surface area (Å²) < 4.78 is 0. The normalized spacial score (nSPS) is 20.9. The number of hydrogen-bond acceptors (Lipinski definition) is 4. The third-order valence-electron chi connectivity index (χ3n) is 3.40. The molecule has 1 aromatic heterocycles. The van der Waals surface area contributed by atoms with E-state index in [1.165, 1.54) is 5.56 Å². The van der Waals surface area contributed by atoms with E-state index in [2.05, 4.69) is 28.6 Å². The molecule has 1 amide bonds. The van der Waals surface area contributed by atoms with E-state index in [-0.39, 0.29) is 5.91 Å². The molecule has 18 heavy (non-hydrogen) atoms. The van der Waals surface area contributed by atoms with Gasteiger partial charge in [0.15, 0.2) is 0 Å². The molecule has 1 aromatic rings. The quantitative estimate of drug-likeness (QED) is 0.884. The lowest BCUT2D eigenvalue weighted by Crippen LogP contribution is -2.52. The predicted molar refractivity (Wildman–Crippen MR) is 74.7 cm³/mol. The molecule has 0 unspecified atom stereocenters. The lowest BCUT2D eigenvalue weighted by molar-refractivity contribution is -0.132. The number of nitrogens with zero attached hydrogens (tertiary/aromatic N) is 2. The first-order valence-electron chi connectivity index (χ1n) is 6.36. The van der Waals surface area contributed by atoms with Crippen molar-refractivity contribution in [1.82, 2.24) is 15.1 Å². The maximum Gasteiger partial charge on any atom is 0.236 e. The van der Waals surface area contributed by atoms with Crippen LogP contribution in [0.1, 0.15) is 12.5 Å². The van der Waals surface area contributed by atoms with Crippen molar-refractivity contribution in [2.75, 3.05) is 33.2 Å². The number of piperazine rings is 1. The van der Waals surface area contributed by atoms with Crippen LogP contribution in [0.15, 0.2) is 16.8 Å². The van der Waals surface area contributed by atoms with Gasteiger partial charge in [-0.05, 0) is 29.3 Å². The van der Waals surface area contributed by atoms with Crippen LogP contribution in [0, 0.1) is 0 Å². The van der Waals surface area contributed by atoms with Gasteiger partial charge in [-0.15, -0.1) is 0 Å². The highest BCUT2D eigenvalue weighted by atomic mass is 32.1. The molecule has 100 valence electrons. The van der Waals surface area contributed by atoms with Crippen molar-refractivity contribution >= 4 is 17.2 Å². The number of amides is 1. The number of nitrogens with one attached hydrogen (secondary N) is 1. The van der Waals surface area contributed by atoms with Gasteiger partial charge in [0, 0.05) is 39.3 Å². The van der Waals surface area contributed by atoms with E-state index in [4.69, 9.17) is 0 Å². The highest BCUT2D eigenvalue weighted by molar-refractivity contribution is 7.07. The summed E-state index contributed by atoms with van der Waals surface area (Å²) in [4.78, 5) is 16.2. The van der Waals surface area contributed by atoms with Crippen LogP contribution >= 0.6 is 11.3 Å². The second-order valence-corrected chi connectivity index (χ2v) is 5.69. The zero-order valence-corrected chi connectivity index (χ0v) is 11.9. The molecule has 0 aliphatic carbocycles. The minimum atomic E-state index is 0.204. The second-order valence-electron chi connectivity index (χ2n) is 4.91. The summed E-state index contributed by atoms with van der Waals surface area (Å²) in [6, 6.07) is 2.51. The number of carbonyl (C=O) groups excluding carboxylic acids is 1. The molecular formula is C13H21N3OS. The van der Waals surface area contributed by atoms with Crippen LogP contribution in [0.5, 0.6) is 0 Å². The third-order valence-corrected chi connectivity index (χ3v) is 4.13. The van der Waals surface area contributed by atoms with Gasteiger partial charge in [0.05, 0.1) is 6.54 Å². The van der Waals surface area contributed by atoms with Crippen molar-refractivity contribution in [3.8, 4) is 0 Å². The topological polar surface area (TPSA) is 35.6 Å². The van der Waals surface area contributed by atoms with Crippen LogP contribution < -0.4 is 5.32 Å². The number of carbonyl (C=O) groups is 1. The Hall–Kier alpha value is -0.910. The van der Waals surface area contributed by atoms with E-state index in [0.717, 1.165) is 19.6 Å². The van der Waals surface area contributed by atoms with Gasteiger partial charge in [0.25, 0.3) is 0 Å². The zero-order chi connectivity index (χ0) is 13.0. The number of rotatable bonds is 4. The fourth-order valence-electron chi connectivity index (χ4n) is 2.16. The van der Waals surface area contributed by atoms with Gasteiger partial charge in [-0.3, -0.25) is 9.69 Å². The van der Waals surface area contributed by atoms with Gasteiger partial charge >= 0.3 is 0 Å². The molecule has 1 fully saturated rings. The Kier molecular flexibility index (Phi) is 4.74. The van der Waals surface area contributed by atoms with Gasteiger partial charge in [-0.2, -0.15) is 11.3 Å². The fraction of sp³-hybridized carbons (Fsp3) is 0.615. The summed E-state index contributed by atoms with van der Waals surface area (Å²) >= 11 is 1.67. The van der Waals surface area contributed by atoms with Crippen LogP contribution in [0.25, 0.3) is 0 Å². The molecule has 1 saturated heterocycles. The van der Waals surface area contributed by atoms with Gasteiger partial charge < -0.3 is 10.2 Å². The van der Waals surface area contributed by atoms with Crippen molar-refractivity contribution in [3.05, 3.63) is 22.4 Å². The van der Waals surface area contributed by atoms with Crippen LogP contribution in [-0.2, 0) is 11.3 Å². The van der Waals surface area contributed by atoms with Crippen LogP contribution in [0.3, 0.4) is 0 Å². The highest BCUT2D eigenvalue weighted by Crippen LogP contribution is 2.09. The molecule has 2 rings (SSSR count). The minimum Gasteiger partial charge on any atom is -0.340 e. The Bertz CT molecular complexity index is 380. The molecule has 0 bridgehead atoms. The predicted octanol–water partition coefficient (Wildman–Crippen LogP) is 1.00. The summed E-state index contributed by atoms with van der Waals surface area (Å²) in [6.07, 6.45) is 0. The first-order valence-corrected chi connectivity index (χ1v) is 7.31. The highest BCUT2D eigenvalue weighted by Gasteiger charge is 2.21. The summed E-state index contributed by atoms with van der Waals surface area (Å²) in [6.45, 7) is 6.32. The van der Waals surface area contributed by atoms with Crippen LogP contribution in [0.4, 0.5) is 0 Å². The van der Waals surface area contributed by atoms with Crippen LogP contribution in [-0.4, -0.2) is 55.0 Å². The summed E-state index contributed by atoms with van der Waals surface area (Å²) in [5.74, 6) is 0.204. The van der Waals surface area contributed by atoms with Gasteiger partial charge in [0.1, 0.15) is 0 Å². The van der Waals surface area contributed by atoms with Crippen molar-refractivity contribution in [2.24, 2.45) is 0 Å². The summed E-state index contributed by atoms with van der Waals surface area (Å²) in [5, 5.41) is 7.48. The molecule has 0 aromatic carbocycles. The Morgan fingerprint density at radius 3 is 3.17 bits per heavy atom. The molecular weight excluding hydrogens is 246 g/mol. The summed E-state index contributed by atoms with van der Waals surface area (Å²) in [7, 11) is 1.88. The minimum absolute atomic E-state index is 0.204. The van der Waals surface area contributed by atoms with Crippen molar-refractivity contribution in [1.29, 1.82) is 0 Å². The van der Waals surface area contributed by atoms with E-state index in [9.17, 15) is 4.79 Å². The molecule has 5 heteroatoms. The lowest BCUT2D eigenvalue weighted by atomic mass is 10.2. The zero-order valence-electron chi connectivity index (χ0n) is 11.1. The fourth-order valence-corrected chi connectivity index (χ4v) is 2.82. The average molecular weight is 267 g/mol. The molecule has 0 radical (unpaired) electrons. The molecule has 2 heterocycles. The standard InChI is InChI=1S/C13H21N3OS/c1-11-7-14-4-5-16(11)9-13(17)15(2)8-12-3-6-18-10-12/h3,6,10-11,14H,4-5,7-9H2,1-2H3/t11-/m1/s1. The SMILES string of the molecule is C[C@@H]1CNCCN1CC(=O)N(C)Cc1ccsc1. The smallest absolute Gasteiger partial charge is 0.236 e. The monoisotopic (exact) mass is 267 g/mol. The summed E-state index contributed by atoms with van der Waals surface area (Å²) in [5.41, 5.74) is 1.21. The first kappa shape index (κ1) is 13.5. The van der Waals surface area contributed by atoms with Gasteiger partial charge in [-0.25, -0.2) is 0 Å². The van der Waals surface area contributed by atoms with Gasteiger partial charge in [-0.1, -0.05) is 0 Å². The van der Waals surface area contributed by atoms with Crippen molar-refractivity contribution < 1.29 is 4.79 Å². The van der Waals surface area contributed by atoms with E-state index >= 15 is 0 Å². The van der Waals surface area contributed by atoms with Crippen molar-refractivity contribution in [2.45, 2.75) is 19.5 Å². The number of thiophene rings is 1. The Morgan fingerprint density at radius 2 is 2.50 bits per heavy atom. The second kappa shape index (κ2) is 6.31. The molecule has 4 nitrogen and oxygen atoms in total. The third kappa shape index (κ3) is 3.54. The molecule has 1 aliphatic rings. The van der Waals surface area contributed by atoms with Crippen molar-refractivity contribution in [3.63, 3.8) is 0 Å². The lowest BCUT2D eigenvalue weighted by Gasteiger charge is -2.34. The molecule has 1 aliphatic heterocycles. The maximum atomic E-state index is 12.2. The number of hydrogen-bond donors (Lipinski definition) is 1. The van der Waals surface area contributed by atoms with E-state index in [1.807, 2.05) is 17.3 Å². The Labute approximate surface area is 113 Å². The van der Waals surface area contributed by atoms with Crippen LogP contribution in [0.2, 0.25) is 0 Å². The first-order chi connectivity index (χ1) is 8.66. The maximum absolute atomic E-state index is 12.2.